The Morgan fingerprint density at radius 1 is 1.26 bits per heavy atom. The molecule has 0 aliphatic carbocycles. The van der Waals surface area contributed by atoms with Gasteiger partial charge in [0, 0.05) is 23.2 Å². The maximum atomic E-state index is 6.10. The molecule has 3 rings (SSSR count). The van der Waals surface area contributed by atoms with Crippen LogP contribution in [0.15, 0.2) is 42.9 Å². The van der Waals surface area contributed by atoms with Crippen LogP contribution >= 0.6 is 11.6 Å². The largest absolute Gasteiger partial charge is 0.497 e. The van der Waals surface area contributed by atoms with Crippen molar-refractivity contribution in [3.05, 3.63) is 48.0 Å². The Bertz CT molecular complexity index is 695. The fourth-order valence-electron chi connectivity index (χ4n) is 1.89. The summed E-state index contributed by atoms with van der Waals surface area (Å²) >= 11 is 6.10. The molecule has 4 nitrogen and oxygen atoms in total. The zero-order chi connectivity index (χ0) is 12.5. The highest BCUT2D eigenvalue weighted by Gasteiger charge is 2.09. The third-order valence-electron chi connectivity index (χ3n) is 2.78. The smallest absolute Gasteiger partial charge is 0.136 e. The van der Waals surface area contributed by atoms with Gasteiger partial charge in [-0.3, -0.25) is 0 Å². The number of ether oxygens (including phenoxy) is 1. The van der Waals surface area contributed by atoms with Gasteiger partial charge in [0.2, 0.25) is 0 Å². The van der Waals surface area contributed by atoms with Crippen LogP contribution < -0.4 is 4.74 Å². The number of halogens is 1. The molecule has 1 aromatic carbocycles. The van der Waals surface area contributed by atoms with Gasteiger partial charge in [0.25, 0.3) is 0 Å². The molecule has 0 aliphatic rings. The maximum Gasteiger partial charge on any atom is 0.136 e. The van der Waals surface area contributed by atoms with E-state index in [-0.39, 0.29) is 7.43 Å². The van der Waals surface area contributed by atoms with Gasteiger partial charge in [-0.2, -0.15) is 5.10 Å². The Hall–Kier alpha value is -2.07. The predicted molar refractivity (Wildman–Crippen MR) is 77.2 cm³/mol. The zero-order valence-corrected chi connectivity index (χ0v) is 10.4. The van der Waals surface area contributed by atoms with Crippen molar-refractivity contribution in [3.63, 3.8) is 0 Å². The van der Waals surface area contributed by atoms with E-state index in [9.17, 15) is 0 Å². The molecular formula is C14H14ClN3O. The van der Waals surface area contributed by atoms with Crippen LogP contribution in [-0.4, -0.2) is 21.9 Å². The lowest BCUT2D eigenvalue weighted by atomic mass is 10.1. The van der Waals surface area contributed by atoms with Crippen molar-refractivity contribution in [2.75, 3.05) is 7.11 Å². The van der Waals surface area contributed by atoms with Crippen LogP contribution in [0.3, 0.4) is 0 Å². The molecule has 0 fully saturated rings. The van der Waals surface area contributed by atoms with E-state index in [0.29, 0.717) is 5.15 Å². The molecule has 0 bridgehead atoms. The van der Waals surface area contributed by atoms with Gasteiger partial charge in [0.1, 0.15) is 10.9 Å². The highest BCUT2D eigenvalue weighted by molar-refractivity contribution is 6.34. The Balaban J connectivity index is 0.00000133. The summed E-state index contributed by atoms with van der Waals surface area (Å²) in [6.07, 6.45) is 5.29. The minimum Gasteiger partial charge on any atom is -0.497 e. The molecule has 0 saturated carbocycles. The van der Waals surface area contributed by atoms with E-state index in [1.165, 1.54) is 0 Å². The summed E-state index contributed by atoms with van der Waals surface area (Å²) in [6, 6.07) is 7.56. The van der Waals surface area contributed by atoms with E-state index in [2.05, 4.69) is 10.1 Å². The molecule has 0 unspecified atom stereocenters. The fourth-order valence-corrected chi connectivity index (χ4v) is 2.11. The van der Waals surface area contributed by atoms with Gasteiger partial charge in [-0.1, -0.05) is 19.0 Å². The molecule has 19 heavy (non-hydrogen) atoms. The number of benzene rings is 1. The molecule has 0 saturated heterocycles. The van der Waals surface area contributed by atoms with Gasteiger partial charge in [-0.25, -0.2) is 9.67 Å². The lowest BCUT2D eigenvalue weighted by Crippen LogP contribution is -1.97. The average molecular weight is 276 g/mol. The summed E-state index contributed by atoms with van der Waals surface area (Å²) in [5.41, 5.74) is 0.873. The van der Waals surface area contributed by atoms with Crippen molar-refractivity contribution in [2.24, 2.45) is 0 Å². The molecule has 5 heteroatoms. The van der Waals surface area contributed by atoms with Crippen LogP contribution in [-0.2, 0) is 0 Å². The molecule has 0 aliphatic heterocycles. The molecule has 0 spiro atoms. The Morgan fingerprint density at radius 2 is 2.11 bits per heavy atom. The van der Waals surface area contributed by atoms with Crippen molar-refractivity contribution in [3.8, 4) is 11.4 Å². The second-order valence-corrected chi connectivity index (χ2v) is 4.15. The van der Waals surface area contributed by atoms with E-state index in [1.807, 2.05) is 30.5 Å². The topological polar surface area (TPSA) is 39.9 Å². The minimum atomic E-state index is 0. The monoisotopic (exact) mass is 275 g/mol. The number of hydrogen-bond donors (Lipinski definition) is 0. The number of rotatable bonds is 2. The highest BCUT2D eigenvalue weighted by atomic mass is 35.5. The molecule has 0 radical (unpaired) electrons. The second kappa shape index (κ2) is 5.28. The first-order chi connectivity index (χ1) is 8.79. The van der Waals surface area contributed by atoms with Crippen molar-refractivity contribution in [2.45, 2.75) is 7.43 Å². The highest BCUT2D eigenvalue weighted by Crippen LogP contribution is 2.29. The van der Waals surface area contributed by atoms with E-state index in [0.717, 1.165) is 22.2 Å². The van der Waals surface area contributed by atoms with Gasteiger partial charge in [-0.05, 0) is 24.3 Å². The number of pyridine rings is 1. The van der Waals surface area contributed by atoms with Gasteiger partial charge < -0.3 is 4.74 Å². The normalized spacial score (nSPS) is 10.2. The SMILES string of the molecule is C.COc1ccc2c(Cl)ncc(-n3cccn3)c2c1. The number of hydrogen-bond acceptors (Lipinski definition) is 3. The van der Waals surface area contributed by atoms with Gasteiger partial charge in [-0.15, -0.1) is 0 Å². The maximum absolute atomic E-state index is 6.10. The fraction of sp³-hybridized carbons (Fsp3) is 0.143. The summed E-state index contributed by atoms with van der Waals surface area (Å²) in [5.74, 6) is 0.776. The molecule has 0 atom stereocenters. The molecule has 0 N–H and O–H groups in total. The molecule has 2 aromatic heterocycles. The summed E-state index contributed by atoms with van der Waals surface area (Å²) < 4.78 is 7.00. The first kappa shape index (κ1) is 13.4. The zero-order valence-electron chi connectivity index (χ0n) is 9.67. The Morgan fingerprint density at radius 3 is 2.79 bits per heavy atom. The Labute approximate surface area is 116 Å². The average Bonchev–Trinajstić information content (AvgIpc) is 2.92. The summed E-state index contributed by atoms with van der Waals surface area (Å²) in [4.78, 5) is 4.18. The van der Waals surface area contributed by atoms with E-state index >= 15 is 0 Å². The summed E-state index contributed by atoms with van der Waals surface area (Å²) in [7, 11) is 1.64. The molecule has 0 amide bonds. The third kappa shape index (κ3) is 2.27. The third-order valence-corrected chi connectivity index (χ3v) is 3.08. The lowest BCUT2D eigenvalue weighted by Gasteiger charge is -2.09. The number of fused-ring (bicyclic) bond motifs is 1. The van der Waals surface area contributed by atoms with E-state index < -0.39 is 0 Å². The van der Waals surface area contributed by atoms with Crippen molar-refractivity contribution < 1.29 is 4.74 Å². The summed E-state index contributed by atoms with van der Waals surface area (Å²) in [6.45, 7) is 0. The quantitative estimate of drug-likeness (QED) is 0.669. The first-order valence-corrected chi connectivity index (χ1v) is 5.79. The number of nitrogens with zero attached hydrogens (tertiary/aromatic N) is 3. The molecule has 3 aromatic rings. The standard InChI is InChI=1S/C13H10ClN3O.CH4/c1-18-9-3-4-10-11(7-9)12(8-15-13(10)14)17-6-2-5-16-17;/h2-8H,1H3;1H4. The second-order valence-electron chi connectivity index (χ2n) is 3.80. The van der Waals surface area contributed by atoms with Crippen LogP contribution in [0.4, 0.5) is 0 Å². The van der Waals surface area contributed by atoms with Gasteiger partial charge in [0.05, 0.1) is 19.0 Å². The van der Waals surface area contributed by atoms with Crippen molar-refractivity contribution in [1.82, 2.24) is 14.8 Å². The number of methoxy groups -OCH3 is 1. The lowest BCUT2D eigenvalue weighted by molar-refractivity contribution is 0.415. The van der Waals surface area contributed by atoms with Crippen LogP contribution in [0.1, 0.15) is 7.43 Å². The number of aromatic nitrogens is 3. The summed E-state index contributed by atoms with van der Waals surface area (Å²) in [5, 5.41) is 6.53. The van der Waals surface area contributed by atoms with E-state index in [4.69, 9.17) is 16.3 Å². The minimum absolute atomic E-state index is 0. The van der Waals surface area contributed by atoms with E-state index in [1.54, 1.807) is 24.2 Å². The van der Waals surface area contributed by atoms with Crippen LogP contribution in [0.25, 0.3) is 16.5 Å². The van der Waals surface area contributed by atoms with Crippen molar-refractivity contribution in [1.29, 1.82) is 0 Å². The molecule has 98 valence electrons. The predicted octanol–water partition coefficient (Wildman–Crippen LogP) is 3.72. The molecular weight excluding hydrogens is 262 g/mol. The first-order valence-electron chi connectivity index (χ1n) is 5.42. The van der Waals surface area contributed by atoms with Crippen molar-refractivity contribution >= 4 is 22.4 Å². The van der Waals surface area contributed by atoms with Crippen LogP contribution in [0.5, 0.6) is 5.75 Å². The van der Waals surface area contributed by atoms with Crippen LogP contribution in [0.2, 0.25) is 5.15 Å². The van der Waals surface area contributed by atoms with Gasteiger partial charge >= 0.3 is 0 Å². The van der Waals surface area contributed by atoms with Crippen LogP contribution in [0, 0.1) is 0 Å². The van der Waals surface area contributed by atoms with Gasteiger partial charge in [0.15, 0.2) is 0 Å². The Kier molecular flexibility index (Phi) is 3.71. The molecule has 2 heterocycles.